The van der Waals surface area contributed by atoms with Crippen LogP contribution in [-0.4, -0.2) is 19.1 Å². The predicted octanol–water partition coefficient (Wildman–Crippen LogP) is 4.45. The number of anilines is 1. The summed E-state index contributed by atoms with van der Waals surface area (Å²) in [7, 11) is 0. The first-order chi connectivity index (χ1) is 9.88. The maximum Gasteiger partial charge on any atom is 0.0411 e. The second kappa shape index (κ2) is 6.83. The molecule has 1 aliphatic rings. The maximum atomic E-state index is 3.55. The van der Waals surface area contributed by atoms with Gasteiger partial charge in [-0.25, -0.2) is 0 Å². The molecule has 1 saturated heterocycles. The van der Waals surface area contributed by atoms with E-state index in [-0.39, 0.29) is 0 Å². The molecule has 2 heteroatoms. The molecule has 1 aliphatic heterocycles. The van der Waals surface area contributed by atoms with E-state index in [1.807, 2.05) is 0 Å². The topological polar surface area (TPSA) is 15.3 Å². The van der Waals surface area contributed by atoms with E-state index in [0.717, 1.165) is 12.5 Å². The Bertz CT molecular complexity index is 437. The van der Waals surface area contributed by atoms with Gasteiger partial charge in [-0.05, 0) is 35.8 Å². The summed E-state index contributed by atoms with van der Waals surface area (Å²) in [6.07, 6.45) is 2.63. The van der Waals surface area contributed by atoms with Crippen LogP contribution in [0.3, 0.4) is 0 Å². The Morgan fingerprint density at radius 3 is 2.33 bits per heavy atom. The minimum absolute atomic E-state index is 0.449. The molecule has 0 bridgehead atoms. The highest BCUT2D eigenvalue weighted by atomic mass is 15.1. The van der Waals surface area contributed by atoms with Crippen molar-refractivity contribution in [2.45, 2.75) is 60.0 Å². The Kier molecular flexibility index (Phi) is 5.32. The zero-order chi connectivity index (χ0) is 15.5. The lowest BCUT2D eigenvalue weighted by Crippen LogP contribution is -2.38. The molecule has 0 atom stereocenters. The van der Waals surface area contributed by atoms with Gasteiger partial charge in [0.05, 0.1) is 0 Å². The normalized spacial score (nSPS) is 17.5. The lowest BCUT2D eigenvalue weighted by molar-refractivity contribution is 0.199. The SMILES string of the molecule is CC(C)NCc1ccccc1N1CCC(C(C)(C)C)CC1. The van der Waals surface area contributed by atoms with E-state index >= 15 is 0 Å². The average Bonchev–Trinajstić information content (AvgIpc) is 2.44. The number of rotatable bonds is 4. The standard InChI is InChI=1S/C19H32N2/c1-15(2)20-14-16-8-6-7-9-18(16)21-12-10-17(11-13-21)19(3,4)5/h6-9,15,17,20H,10-14H2,1-5H3. The van der Waals surface area contributed by atoms with Crippen molar-refractivity contribution in [3.05, 3.63) is 29.8 Å². The van der Waals surface area contributed by atoms with Crippen LogP contribution in [0.5, 0.6) is 0 Å². The van der Waals surface area contributed by atoms with Crippen LogP contribution in [0.15, 0.2) is 24.3 Å². The summed E-state index contributed by atoms with van der Waals surface area (Å²) in [6.45, 7) is 14.9. The van der Waals surface area contributed by atoms with Gasteiger partial charge in [0.25, 0.3) is 0 Å². The van der Waals surface area contributed by atoms with Crippen molar-refractivity contribution in [2.24, 2.45) is 11.3 Å². The number of nitrogens with zero attached hydrogens (tertiary/aromatic N) is 1. The second-order valence-corrected chi connectivity index (χ2v) is 7.79. The van der Waals surface area contributed by atoms with Crippen LogP contribution in [0.25, 0.3) is 0 Å². The Hall–Kier alpha value is -1.02. The molecular weight excluding hydrogens is 256 g/mol. The van der Waals surface area contributed by atoms with Crippen LogP contribution in [0.1, 0.15) is 53.0 Å². The first-order valence-electron chi connectivity index (χ1n) is 8.44. The van der Waals surface area contributed by atoms with Gasteiger partial charge in [0.15, 0.2) is 0 Å². The number of nitrogens with one attached hydrogen (secondary N) is 1. The second-order valence-electron chi connectivity index (χ2n) is 7.79. The Morgan fingerprint density at radius 1 is 1.14 bits per heavy atom. The van der Waals surface area contributed by atoms with Crippen LogP contribution in [0.4, 0.5) is 5.69 Å². The number of para-hydroxylation sites is 1. The molecule has 0 aromatic heterocycles. The van der Waals surface area contributed by atoms with Gasteiger partial charge in [0, 0.05) is 31.4 Å². The molecule has 1 fully saturated rings. The third-order valence-corrected chi connectivity index (χ3v) is 4.75. The third kappa shape index (κ3) is 4.47. The molecule has 0 unspecified atom stereocenters. The van der Waals surface area contributed by atoms with Gasteiger partial charge in [0.2, 0.25) is 0 Å². The van der Waals surface area contributed by atoms with E-state index < -0.39 is 0 Å². The van der Waals surface area contributed by atoms with E-state index in [1.54, 1.807) is 0 Å². The summed E-state index contributed by atoms with van der Waals surface area (Å²) in [5.74, 6) is 0.856. The van der Waals surface area contributed by atoms with Gasteiger partial charge >= 0.3 is 0 Å². The van der Waals surface area contributed by atoms with E-state index in [2.05, 4.69) is 69.1 Å². The van der Waals surface area contributed by atoms with Crippen LogP contribution < -0.4 is 10.2 Å². The summed E-state index contributed by atoms with van der Waals surface area (Å²) in [5.41, 5.74) is 3.31. The molecule has 0 saturated carbocycles. The highest BCUT2D eigenvalue weighted by Gasteiger charge is 2.29. The van der Waals surface area contributed by atoms with E-state index in [1.165, 1.54) is 37.2 Å². The lowest BCUT2D eigenvalue weighted by Gasteiger charge is -2.40. The first kappa shape index (κ1) is 16.4. The van der Waals surface area contributed by atoms with E-state index in [4.69, 9.17) is 0 Å². The fourth-order valence-corrected chi connectivity index (χ4v) is 3.27. The summed E-state index contributed by atoms with van der Waals surface area (Å²) < 4.78 is 0. The molecule has 0 radical (unpaired) electrons. The van der Waals surface area contributed by atoms with Crippen LogP contribution >= 0.6 is 0 Å². The highest BCUT2D eigenvalue weighted by Crippen LogP contribution is 2.36. The summed E-state index contributed by atoms with van der Waals surface area (Å²) in [6, 6.07) is 9.41. The van der Waals surface area contributed by atoms with Gasteiger partial charge < -0.3 is 10.2 Å². The van der Waals surface area contributed by atoms with Crippen molar-refractivity contribution in [3.8, 4) is 0 Å². The number of benzene rings is 1. The molecule has 118 valence electrons. The predicted molar refractivity (Wildman–Crippen MR) is 92.8 cm³/mol. The molecule has 0 amide bonds. The zero-order valence-electron chi connectivity index (χ0n) is 14.4. The zero-order valence-corrected chi connectivity index (χ0v) is 14.4. The fourth-order valence-electron chi connectivity index (χ4n) is 3.27. The molecule has 1 aromatic carbocycles. The Morgan fingerprint density at radius 2 is 1.76 bits per heavy atom. The monoisotopic (exact) mass is 288 g/mol. The fraction of sp³-hybridized carbons (Fsp3) is 0.684. The average molecular weight is 288 g/mol. The Balaban J connectivity index is 2.03. The van der Waals surface area contributed by atoms with Crippen molar-refractivity contribution in [1.29, 1.82) is 0 Å². The molecular formula is C19H32N2. The van der Waals surface area contributed by atoms with Crippen molar-refractivity contribution in [2.75, 3.05) is 18.0 Å². The van der Waals surface area contributed by atoms with Gasteiger partial charge in [-0.2, -0.15) is 0 Å². The molecule has 1 N–H and O–H groups in total. The minimum atomic E-state index is 0.449. The number of piperidine rings is 1. The number of hydrogen-bond acceptors (Lipinski definition) is 2. The lowest BCUT2D eigenvalue weighted by atomic mass is 9.75. The number of hydrogen-bond donors (Lipinski definition) is 1. The molecule has 2 rings (SSSR count). The van der Waals surface area contributed by atoms with Crippen molar-refractivity contribution < 1.29 is 0 Å². The van der Waals surface area contributed by atoms with Crippen LogP contribution in [-0.2, 0) is 6.54 Å². The minimum Gasteiger partial charge on any atom is -0.371 e. The van der Waals surface area contributed by atoms with Gasteiger partial charge in [-0.3, -0.25) is 0 Å². The van der Waals surface area contributed by atoms with Crippen LogP contribution in [0.2, 0.25) is 0 Å². The van der Waals surface area contributed by atoms with Crippen molar-refractivity contribution >= 4 is 5.69 Å². The maximum absolute atomic E-state index is 3.55. The Labute approximate surface area is 130 Å². The largest absolute Gasteiger partial charge is 0.371 e. The summed E-state index contributed by atoms with van der Waals surface area (Å²) in [4.78, 5) is 2.58. The van der Waals surface area contributed by atoms with Crippen molar-refractivity contribution in [3.63, 3.8) is 0 Å². The molecule has 21 heavy (non-hydrogen) atoms. The molecule has 0 spiro atoms. The van der Waals surface area contributed by atoms with Crippen LogP contribution in [0, 0.1) is 11.3 Å². The molecule has 1 aromatic rings. The molecule has 1 heterocycles. The van der Waals surface area contributed by atoms with Gasteiger partial charge in [-0.1, -0.05) is 52.8 Å². The first-order valence-corrected chi connectivity index (χ1v) is 8.44. The summed E-state index contributed by atoms with van der Waals surface area (Å²) in [5, 5.41) is 3.55. The highest BCUT2D eigenvalue weighted by molar-refractivity contribution is 5.54. The van der Waals surface area contributed by atoms with Gasteiger partial charge in [0.1, 0.15) is 0 Å². The van der Waals surface area contributed by atoms with Crippen molar-refractivity contribution in [1.82, 2.24) is 5.32 Å². The molecule has 0 aliphatic carbocycles. The van der Waals surface area contributed by atoms with Gasteiger partial charge in [-0.15, -0.1) is 0 Å². The summed E-state index contributed by atoms with van der Waals surface area (Å²) >= 11 is 0. The molecule has 2 nitrogen and oxygen atoms in total. The smallest absolute Gasteiger partial charge is 0.0411 e. The quantitative estimate of drug-likeness (QED) is 0.880. The van der Waals surface area contributed by atoms with E-state index in [9.17, 15) is 0 Å². The third-order valence-electron chi connectivity index (χ3n) is 4.75. The van der Waals surface area contributed by atoms with E-state index in [0.29, 0.717) is 11.5 Å².